The highest BCUT2D eigenvalue weighted by Crippen LogP contribution is 2.22. The monoisotopic (exact) mass is 341 g/mol. The lowest BCUT2D eigenvalue weighted by atomic mass is 9.96. The summed E-state index contributed by atoms with van der Waals surface area (Å²) in [6, 6.07) is 7.56. The number of aromatic nitrogens is 3. The van der Waals surface area contributed by atoms with Gasteiger partial charge in [0.05, 0.1) is 24.1 Å². The van der Waals surface area contributed by atoms with Crippen molar-refractivity contribution in [3.05, 3.63) is 36.0 Å². The predicted octanol–water partition coefficient (Wildman–Crippen LogP) is 3.54. The molecule has 1 aliphatic carbocycles. The molecule has 132 valence electrons. The second kappa shape index (κ2) is 8.41. The van der Waals surface area contributed by atoms with Gasteiger partial charge in [-0.3, -0.25) is 0 Å². The van der Waals surface area contributed by atoms with Crippen molar-refractivity contribution in [2.45, 2.75) is 45.1 Å². The molecule has 1 heterocycles. The molecular formula is C18H23N5O2. The third-order valence-corrected chi connectivity index (χ3v) is 4.18. The van der Waals surface area contributed by atoms with Crippen LogP contribution in [0.15, 0.2) is 30.5 Å². The Morgan fingerprint density at radius 1 is 1.24 bits per heavy atom. The van der Waals surface area contributed by atoms with Crippen molar-refractivity contribution in [2.75, 3.05) is 17.2 Å². The number of nitrogens with one attached hydrogen (secondary N) is 2. The van der Waals surface area contributed by atoms with Crippen LogP contribution in [0, 0.1) is 0 Å². The van der Waals surface area contributed by atoms with Crippen LogP contribution < -0.4 is 10.6 Å². The molecule has 1 aromatic heterocycles. The highest BCUT2D eigenvalue weighted by Gasteiger charge is 2.15. The van der Waals surface area contributed by atoms with Crippen LogP contribution in [-0.2, 0) is 4.74 Å². The minimum Gasteiger partial charge on any atom is -0.462 e. The Labute approximate surface area is 147 Å². The first kappa shape index (κ1) is 17.1. The smallest absolute Gasteiger partial charge is 0.340 e. The zero-order valence-electron chi connectivity index (χ0n) is 14.4. The molecular weight excluding hydrogens is 318 g/mol. The van der Waals surface area contributed by atoms with Gasteiger partial charge in [-0.25, -0.2) is 4.79 Å². The molecule has 0 atom stereocenters. The average molecular weight is 341 g/mol. The fraction of sp³-hybridized carbons (Fsp3) is 0.444. The number of anilines is 3. The lowest BCUT2D eigenvalue weighted by molar-refractivity contribution is 0.0527. The van der Waals surface area contributed by atoms with Gasteiger partial charge in [-0.15, -0.1) is 5.10 Å². The number of nitrogens with zero attached hydrogens (tertiary/aromatic N) is 3. The van der Waals surface area contributed by atoms with E-state index in [1.807, 2.05) is 6.07 Å². The fourth-order valence-corrected chi connectivity index (χ4v) is 2.98. The minimum atomic E-state index is -0.380. The Kier molecular flexibility index (Phi) is 5.77. The van der Waals surface area contributed by atoms with E-state index in [1.165, 1.54) is 19.3 Å². The number of carbonyl (C=O) groups is 1. The maximum absolute atomic E-state index is 12.1. The summed E-state index contributed by atoms with van der Waals surface area (Å²) in [5, 5.41) is 14.5. The number of ether oxygens (including phenoxy) is 1. The van der Waals surface area contributed by atoms with Crippen LogP contribution in [0.3, 0.4) is 0 Å². The molecule has 2 aromatic rings. The summed E-state index contributed by atoms with van der Waals surface area (Å²) >= 11 is 0. The van der Waals surface area contributed by atoms with Crippen LogP contribution in [0.4, 0.5) is 17.5 Å². The van der Waals surface area contributed by atoms with E-state index in [-0.39, 0.29) is 5.97 Å². The van der Waals surface area contributed by atoms with Gasteiger partial charge in [0.1, 0.15) is 0 Å². The van der Waals surface area contributed by atoms with Crippen LogP contribution in [0.2, 0.25) is 0 Å². The Morgan fingerprint density at radius 2 is 2.04 bits per heavy atom. The molecule has 3 rings (SSSR count). The summed E-state index contributed by atoms with van der Waals surface area (Å²) in [6.07, 6.45) is 7.72. The minimum absolute atomic E-state index is 0.325. The van der Waals surface area contributed by atoms with Crippen LogP contribution in [0.1, 0.15) is 49.4 Å². The third-order valence-electron chi connectivity index (χ3n) is 4.18. The lowest BCUT2D eigenvalue weighted by Gasteiger charge is -2.23. The normalized spacial score (nSPS) is 14.8. The summed E-state index contributed by atoms with van der Waals surface area (Å²) in [7, 11) is 0. The Bertz CT molecular complexity index is 716. The van der Waals surface area contributed by atoms with Gasteiger partial charge in [-0.05, 0) is 31.9 Å². The van der Waals surface area contributed by atoms with Gasteiger partial charge in [0.15, 0.2) is 5.82 Å². The predicted molar refractivity (Wildman–Crippen MR) is 96.0 cm³/mol. The number of esters is 1. The maximum atomic E-state index is 12.1. The molecule has 25 heavy (non-hydrogen) atoms. The van der Waals surface area contributed by atoms with Crippen molar-refractivity contribution in [1.82, 2.24) is 15.2 Å². The van der Waals surface area contributed by atoms with E-state index in [0.29, 0.717) is 35.7 Å². The van der Waals surface area contributed by atoms with Crippen LogP contribution in [-0.4, -0.2) is 33.8 Å². The van der Waals surface area contributed by atoms with Crippen molar-refractivity contribution < 1.29 is 9.53 Å². The molecule has 7 nitrogen and oxygen atoms in total. The molecule has 0 unspecified atom stereocenters. The topological polar surface area (TPSA) is 89.0 Å². The number of hydrogen-bond acceptors (Lipinski definition) is 7. The molecule has 0 aliphatic heterocycles. The molecule has 1 aliphatic rings. The van der Waals surface area contributed by atoms with Crippen LogP contribution in [0.5, 0.6) is 0 Å². The SMILES string of the molecule is CCOC(=O)c1ccccc1Nc1nncc(NC2CCCCC2)n1. The number of para-hydroxylation sites is 1. The number of rotatable bonds is 6. The van der Waals surface area contributed by atoms with Crippen LogP contribution >= 0.6 is 0 Å². The largest absolute Gasteiger partial charge is 0.462 e. The Balaban J connectivity index is 1.73. The standard InChI is InChI=1S/C18H23N5O2/c1-2-25-17(24)14-10-6-7-11-15(14)21-18-22-16(12-19-23-18)20-13-8-4-3-5-9-13/h6-7,10-13H,2-5,8-9H2,1H3,(H2,20,21,22,23). The highest BCUT2D eigenvalue weighted by atomic mass is 16.5. The molecule has 0 bridgehead atoms. The van der Waals surface area contributed by atoms with Gasteiger partial charge in [-0.2, -0.15) is 10.1 Å². The van der Waals surface area contributed by atoms with Gasteiger partial charge in [0.2, 0.25) is 5.95 Å². The zero-order chi connectivity index (χ0) is 17.5. The molecule has 1 saturated carbocycles. The van der Waals surface area contributed by atoms with E-state index in [0.717, 1.165) is 12.8 Å². The fourth-order valence-electron chi connectivity index (χ4n) is 2.98. The van der Waals surface area contributed by atoms with Gasteiger partial charge < -0.3 is 15.4 Å². The molecule has 0 amide bonds. The molecule has 1 fully saturated rings. The summed E-state index contributed by atoms with van der Waals surface area (Å²) in [5.41, 5.74) is 1.04. The van der Waals surface area contributed by atoms with Crippen molar-refractivity contribution in [1.29, 1.82) is 0 Å². The molecule has 0 spiro atoms. The highest BCUT2D eigenvalue weighted by molar-refractivity contribution is 5.96. The number of carbonyl (C=O) groups excluding carboxylic acids is 1. The number of benzene rings is 1. The number of hydrogen-bond donors (Lipinski definition) is 2. The van der Waals surface area contributed by atoms with Crippen molar-refractivity contribution in [3.63, 3.8) is 0 Å². The van der Waals surface area contributed by atoms with Crippen molar-refractivity contribution in [2.24, 2.45) is 0 Å². The van der Waals surface area contributed by atoms with E-state index in [4.69, 9.17) is 4.74 Å². The van der Waals surface area contributed by atoms with Gasteiger partial charge in [0.25, 0.3) is 0 Å². The van der Waals surface area contributed by atoms with Crippen LogP contribution in [0.25, 0.3) is 0 Å². The van der Waals surface area contributed by atoms with E-state index in [2.05, 4.69) is 25.8 Å². The van der Waals surface area contributed by atoms with E-state index >= 15 is 0 Å². The second-order valence-corrected chi connectivity index (χ2v) is 6.04. The summed E-state index contributed by atoms with van der Waals surface area (Å²) in [5.74, 6) is 0.658. The Morgan fingerprint density at radius 3 is 2.84 bits per heavy atom. The van der Waals surface area contributed by atoms with Crippen molar-refractivity contribution >= 4 is 23.4 Å². The van der Waals surface area contributed by atoms with Crippen molar-refractivity contribution in [3.8, 4) is 0 Å². The van der Waals surface area contributed by atoms with Gasteiger partial charge in [0, 0.05) is 6.04 Å². The molecule has 0 saturated heterocycles. The molecule has 2 N–H and O–H groups in total. The third kappa shape index (κ3) is 4.65. The summed E-state index contributed by atoms with van der Waals surface area (Å²) < 4.78 is 5.08. The summed E-state index contributed by atoms with van der Waals surface area (Å²) in [4.78, 5) is 16.5. The zero-order valence-corrected chi connectivity index (χ0v) is 14.4. The van der Waals surface area contributed by atoms with E-state index < -0.39 is 0 Å². The first-order valence-electron chi connectivity index (χ1n) is 8.75. The lowest BCUT2D eigenvalue weighted by Crippen LogP contribution is -2.23. The molecule has 7 heteroatoms. The average Bonchev–Trinajstić information content (AvgIpc) is 2.63. The quantitative estimate of drug-likeness (QED) is 0.777. The van der Waals surface area contributed by atoms with E-state index in [9.17, 15) is 4.79 Å². The first-order valence-corrected chi connectivity index (χ1v) is 8.75. The molecule has 0 radical (unpaired) electrons. The molecule has 1 aromatic carbocycles. The Hall–Kier alpha value is -2.70. The first-order chi connectivity index (χ1) is 12.3. The van der Waals surface area contributed by atoms with Gasteiger partial charge in [-0.1, -0.05) is 31.4 Å². The second-order valence-electron chi connectivity index (χ2n) is 6.04. The maximum Gasteiger partial charge on any atom is 0.340 e. The summed E-state index contributed by atoms with van der Waals surface area (Å²) in [6.45, 7) is 2.10. The van der Waals surface area contributed by atoms with Gasteiger partial charge >= 0.3 is 5.97 Å². The van der Waals surface area contributed by atoms with E-state index in [1.54, 1.807) is 31.3 Å².